The summed E-state index contributed by atoms with van der Waals surface area (Å²) < 4.78 is 0. The Hall–Kier alpha value is -1.88. The van der Waals surface area contributed by atoms with Crippen LogP contribution < -0.4 is 16.0 Å². The molecular weight excluding hydrogens is 254 g/mol. The van der Waals surface area contributed by atoms with Crippen molar-refractivity contribution in [1.29, 1.82) is 0 Å². The van der Waals surface area contributed by atoms with Crippen molar-refractivity contribution in [3.63, 3.8) is 0 Å². The summed E-state index contributed by atoms with van der Waals surface area (Å²) in [6, 6.07) is 8.99. The van der Waals surface area contributed by atoms with E-state index in [0.29, 0.717) is 6.42 Å². The molecule has 1 aromatic carbocycles. The van der Waals surface area contributed by atoms with Gasteiger partial charge in [-0.25, -0.2) is 0 Å². The van der Waals surface area contributed by atoms with E-state index in [1.165, 1.54) is 0 Å². The molecule has 1 fully saturated rings. The van der Waals surface area contributed by atoms with Gasteiger partial charge in [-0.3, -0.25) is 9.59 Å². The van der Waals surface area contributed by atoms with Crippen LogP contribution >= 0.6 is 0 Å². The lowest BCUT2D eigenvalue weighted by Gasteiger charge is -2.19. The number of rotatable bonds is 5. The van der Waals surface area contributed by atoms with Crippen LogP contribution in [0.15, 0.2) is 30.3 Å². The van der Waals surface area contributed by atoms with E-state index >= 15 is 0 Å². The van der Waals surface area contributed by atoms with Gasteiger partial charge in [-0.15, -0.1) is 0 Å². The molecule has 0 aromatic heterocycles. The molecule has 1 aliphatic rings. The van der Waals surface area contributed by atoms with E-state index in [0.717, 1.165) is 24.9 Å². The minimum Gasteiger partial charge on any atom is -0.357 e. The first kappa shape index (κ1) is 14.5. The van der Waals surface area contributed by atoms with Gasteiger partial charge in [-0.1, -0.05) is 30.3 Å². The predicted molar refractivity (Wildman–Crippen MR) is 77.2 cm³/mol. The lowest BCUT2D eigenvalue weighted by Crippen LogP contribution is -2.51. The van der Waals surface area contributed by atoms with Crippen LogP contribution in [0, 0.1) is 0 Å². The van der Waals surface area contributed by atoms with Gasteiger partial charge in [0.1, 0.15) is 6.04 Å². The molecule has 2 unspecified atom stereocenters. The molecule has 108 valence electrons. The zero-order chi connectivity index (χ0) is 14.4. The molecule has 0 spiro atoms. The van der Waals surface area contributed by atoms with Crippen molar-refractivity contribution in [2.75, 3.05) is 13.6 Å². The fraction of sp³-hybridized carbons (Fsp3) is 0.467. The van der Waals surface area contributed by atoms with Gasteiger partial charge in [0.25, 0.3) is 0 Å². The van der Waals surface area contributed by atoms with Crippen LogP contribution in [0.25, 0.3) is 0 Å². The van der Waals surface area contributed by atoms with Gasteiger partial charge in [-0.05, 0) is 24.9 Å². The van der Waals surface area contributed by atoms with Crippen molar-refractivity contribution in [2.45, 2.75) is 31.3 Å². The smallest absolute Gasteiger partial charge is 0.242 e. The van der Waals surface area contributed by atoms with Gasteiger partial charge in [-0.2, -0.15) is 0 Å². The average molecular weight is 275 g/mol. The molecule has 5 nitrogen and oxygen atoms in total. The Balaban J connectivity index is 2.00. The molecule has 1 heterocycles. The van der Waals surface area contributed by atoms with Crippen LogP contribution in [0.3, 0.4) is 0 Å². The predicted octanol–water partition coefficient (Wildman–Crippen LogP) is 0.212. The summed E-state index contributed by atoms with van der Waals surface area (Å²) in [6.45, 7) is 0.863. The molecule has 0 aliphatic carbocycles. The van der Waals surface area contributed by atoms with Crippen molar-refractivity contribution in [3.8, 4) is 0 Å². The maximum Gasteiger partial charge on any atom is 0.242 e. The van der Waals surface area contributed by atoms with E-state index < -0.39 is 6.04 Å². The molecule has 3 N–H and O–H groups in total. The molecule has 2 atom stereocenters. The van der Waals surface area contributed by atoms with Crippen LogP contribution in [-0.2, 0) is 16.0 Å². The SMILES string of the molecule is CNC(=O)C(Cc1ccccc1)NC(=O)C1CCCN1. The summed E-state index contributed by atoms with van der Waals surface area (Å²) in [5.74, 6) is -0.257. The largest absolute Gasteiger partial charge is 0.357 e. The van der Waals surface area contributed by atoms with E-state index in [1.54, 1.807) is 7.05 Å². The molecule has 5 heteroatoms. The van der Waals surface area contributed by atoms with E-state index in [1.807, 2.05) is 30.3 Å². The topological polar surface area (TPSA) is 70.2 Å². The van der Waals surface area contributed by atoms with Gasteiger partial charge in [0.05, 0.1) is 6.04 Å². The second-order valence-electron chi connectivity index (χ2n) is 5.01. The van der Waals surface area contributed by atoms with Crippen LogP contribution in [-0.4, -0.2) is 37.5 Å². The molecule has 0 bridgehead atoms. The van der Waals surface area contributed by atoms with Crippen LogP contribution in [0.2, 0.25) is 0 Å². The normalized spacial score (nSPS) is 19.4. The number of carbonyl (C=O) groups excluding carboxylic acids is 2. The van der Waals surface area contributed by atoms with Gasteiger partial charge in [0.2, 0.25) is 11.8 Å². The minimum absolute atomic E-state index is 0.0907. The molecule has 20 heavy (non-hydrogen) atoms. The first-order chi connectivity index (χ1) is 9.70. The summed E-state index contributed by atoms with van der Waals surface area (Å²) >= 11 is 0. The van der Waals surface area contributed by atoms with Crippen molar-refractivity contribution in [2.24, 2.45) is 0 Å². The fourth-order valence-corrected chi connectivity index (χ4v) is 2.41. The highest BCUT2D eigenvalue weighted by Crippen LogP contribution is 2.07. The van der Waals surface area contributed by atoms with Gasteiger partial charge in [0.15, 0.2) is 0 Å². The lowest BCUT2D eigenvalue weighted by molar-refractivity contribution is -0.129. The summed E-state index contributed by atoms with van der Waals surface area (Å²) in [6.07, 6.45) is 2.33. The Morgan fingerprint density at radius 3 is 2.70 bits per heavy atom. The summed E-state index contributed by atoms with van der Waals surface area (Å²) in [5, 5.41) is 8.59. The summed E-state index contributed by atoms with van der Waals surface area (Å²) in [4.78, 5) is 24.0. The highest BCUT2D eigenvalue weighted by atomic mass is 16.2. The highest BCUT2D eigenvalue weighted by Gasteiger charge is 2.26. The second kappa shape index (κ2) is 7.05. The Kier molecular flexibility index (Phi) is 5.12. The molecule has 1 aliphatic heterocycles. The monoisotopic (exact) mass is 275 g/mol. The maximum absolute atomic E-state index is 12.1. The van der Waals surface area contributed by atoms with E-state index in [4.69, 9.17) is 0 Å². The number of hydrogen-bond donors (Lipinski definition) is 3. The molecule has 1 aromatic rings. The molecule has 2 amide bonds. The third-order valence-electron chi connectivity index (χ3n) is 3.54. The van der Waals surface area contributed by atoms with E-state index in [2.05, 4.69) is 16.0 Å². The Morgan fingerprint density at radius 2 is 2.10 bits per heavy atom. The molecule has 0 saturated carbocycles. The zero-order valence-corrected chi connectivity index (χ0v) is 11.7. The van der Waals surface area contributed by atoms with Gasteiger partial charge < -0.3 is 16.0 Å². The van der Waals surface area contributed by atoms with Gasteiger partial charge >= 0.3 is 0 Å². The Morgan fingerprint density at radius 1 is 1.35 bits per heavy atom. The third-order valence-corrected chi connectivity index (χ3v) is 3.54. The Bertz CT molecular complexity index is 455. The first-order valence-corrected chi connectivity index (χ1v) is 7.00. The quantitative estimate of drug-likeness (QED) is 0.719. The highest BCUT2D eigenvalue weighted by molar-refractivity contribution is 5.90. The first-order valence-electron chi connectivity index (χ1n) is 7.00. The van der Waals surface area contributed by atoms with E-state index in [-0.39, 0.29) is 17.9 Å². The number of benzene rings is 1. The molecule has 0 radical (unpaired) electrons. The van der Waals surface area contributed by atoms with Crippen LogP contribution in [0.4, 0.5) is 0 Å². The number of nitrogens with one attached hydrogen (secondary N) is 3. The standard InChI is InChI=1S/C15H21N3O2/c1-16-14(19)13(10-11-6-3-2-4-7-11)18-15(20)12-8-5-9-17-12/h2-4,6-7,12-13,17H,5,8-10H2,1H3,(H,16,19)(H,18,20). The van der Waals surface area contributed by atoms with Crippen molar-refractivity contribution >= 4 is 11.8 Å². The van der Waals surface area contributed by atoms with Crippen molar-refractivity contribution in [3.05, 3.63) is 35.9 Å². The molecule has 2 rings (SSSR count). The van der Waals surface area contributed by atoms with Crippen molar-refractivity contribution < 1.29 is 9.59 Å². The average Bonchev–Trinajstić information content (AvgIpc) is 3.01. The molecule has 1 saturated heterocycles. The number of likely N-dealkylation sites (N-methyl/N-ethyl adjacent to an activating group) is 1. The number of hydrogen-bond acceptors (Lipinski definition) is 3. The second-order valence-corrected chi connectivity index (χ2v) is 5.01. The molecular formula is C15H21N3O2. The minimum atomic E-state index is -0.530. The van der Waals surface area contributed by atoms with Crippen LogP contribution in [0.1, 0.15) is 18.4 Å². The summed E-state index contributed by atoms with van der Waals surface area (Å²) in [5.41, 5.74) is 1.03. The zero-order valence-electron chi connectivity index (χ0n) is 11.7. The van der Waals surface area contributed by atoms with Gasteiger partial charge in [0, 0.05) is 13.5 Å². The van der Waals surface area contributed by atoms with Crippen LogP contribution in [0.5, 0.6) is 0 Å². The lowest BCUT2D eigenvalue weighted by atomic mass is 10.0. The third kappa shape index (κ3) is 3.81. The maximum atomic E-state index is 12.1. The number of amides is 2. The fourth-order valence-electron chi connectivity index (χ4n) is 2.41. The van der Waals surface area contributed by atoms with Crippen molar-refractivity contribution in [1.82, 2.24) is 16.0 Å². The number of carbonyl (C=O) groups is 2. The summed E-state index contributed by atoms with van der Waals surface area (Å²) in [7, 11) is 1.58. The van der Waals surface area contributed by atoms with E-state index in [9.17, 15) is 9.59 Å². The Labute approximate surface area is 119 Å².